The highest BCUT2D eigenvalue weighted by atomic mass is 35.5. The SMILES string of the molecule is COCCN(CC(=O)N1N=C(c2ccc(C)c(C)c2)C[C@H]1c1ccccc1Cl)C(=O)c1ccc(C(F)(F)F)cc1. The lowest BCUT2D eigenvalue weighted by atomic mass is 9.96. The minimum atomic E-state index is -4.53. The van der Waals surface area contributed by atoms with Gasteiger partial charge in [-0.1, -0.05) is 41.9 Å². The van der Waals surface area contributed by atoms with Crippen molar-refractivity contribution in [2.75, 3.05) is 26.8 Å². The smallest absolute Gasteiger partial charge is 0.383 e. The molecule has 0 N–H and O–H groups in total. The summed E-state index contributed by atoms with van der Waals surface area (Å²) in [6, 6.07) is 16.6. The van der Waals surface area contributed by atoms with Crippen LogP contribution in [0.15, 0.2) is 71.8 Å². The maximum atomic E-state index is 13.7. The summed E-state index contributed by atoms with van der Waals surface area (Å²) in [7, 11) is 1.45. The van der Waals surface area contributed by atoms with Crippen molar-refractivity contribution in [3.05, 3.63) is 105 Å². The molecule has 40 heavy (non-hydrogen) atoms. The predicted molar refractivity (Wildman–Crippen MR) is 147 cm³/mol. The van der Waals surface area contributed by atoms with Gasteiger partial charge >= 0.3 is 6.18 Å². The second kappa shape index (κ2) is 12.2. The molecule has 0 bridgehead atoms. The van der Waals surface area contributed by atoms with Crippen LogP contribution in [0.2, 0.25) is 5.02 Å². The van der Waals surface area contributed by atoms with Crippen LogP contribution in [-0.2, 0) is 15.7 Å². The standard InChI is InChI=1S/C30H29ClF3N3O3/c1-19-8-9-22(16-20(19)2)26-17-27(24-6-4-5-7-25(24)31)37(35-26)28(38)18-36(14-15-40-3)29(39)21-10-12-23(13-11-21)30(32,33)34/h4-13,16,27H,14-15,17-18H2,1-3H3/t27-/m0/s1. The molecule has 2 amide bonds. The van der Waals surface area contributed by atoms with E-state index in [4.69, 9.17) is 16.3 Å². The van der Waals surface area contributed by atoms with Gasteiger partial charge in [0.1, 0.15) is 6.54 Å². The van der Waals surface area contributed by atoms with E-state index in [-0.39, 0.29) is 25.3 Å². The minimum absolute atomic E-state index is 0.0281. The van der Waals surface area contributed by atoms with Crippen LogP contribution in [0.25, 0.3) is 0 Å². The molecule has 1 aliphatic heterocycles. The van der Waals surface area contributed by atoms with Gasteiger partial charge in [0, 0.05) is 30.7 Å². The molecular weight excluding hydrogens is 543 g/mol. The molecule has 1 heterocycles. The summed E-state index contributed by atoms with van der Waals surface area (Å²) in [5.74, 6) is -1.05. The monoisotopic (exact) mass is 571 g/mol. The number of hydrogen-bond acceptors (Lipinski definition) is 4. The zero-order valence-corrected chi connectivity index (χ0v) is 23.1. The lowest BCUT2D eigenvalue weighted by Gasteiger charge is -2.27. The van der Waals surface area contributed by atoms with Crippen LogP contribution in [0.4, 0.5) is 13.2 Å². The Kier molecular flexibility index (Phi) is 8.95. The number of methoxy groups -OCH3 is 1. The number of ether oxygens (including phenoxy) is 1. The quantitative estimate of drug-likeness (QED) is 0.312. The summed E-state index contributed by atoms with van der Waals surface area (Å²) in [6.45, 7) is 3.85. The number of hydrogen-bond donors (Lipinski definition) is 0. The molecular formula is C30H29ClF3N3O3. The van der Waals surface area contributed by atoms with E-state index in [1.807, 2.05) is 44.2 Å². The van der Waals surface area contributed by atoms with Crippen LogP contribution in [0, 0.1) is 13.8 Å². The summed E-state index contributed by atoms with van der Waals surface area (Å²) in [4.78, 5) is 28.3. The molecule has 3 aromatic rings. The number of carbonyl (C=O) groups excluding carboxylic acids is 2. The first-order valence-electron chi connectivity index (χ1n) is 12.7. The summed E-state index contributed by atoms with van der Waals surface area (Å²) in [5.41, 5.74) is 3.70. The second-order valence-corrected chi connectivity index (χ2v) is 10.0. The van der Waals surface area contributed by atoms with Crippen LogP contribution in [0.5, 0.6) is 0 Å². The van der Waals surface area contributed by atoms with Crippen molar-refractivity contribution in [1.82, 2.24) is 9.91 Å². The first kappa shape index (κ1) is 29.3. The molecule has 0 aromatic heterocycles. The normalized spacial score (nSPS) is 15.2. The zero-order valence-electron chi connectivity index (χ0n) is 22.3. The Balaban J connectivity index is 1.64. The first-order chi connectivity index (χ1) is 19.0. The molecule has 0 saturated carbocycles. The average Bonchev–Trinajstić information content (AvgIpc) is 3.37. The summed E-state index contributed by atoms with van der Waals surface area (Å²) < 4.78 is 44.1. The number of alkyl halides is 3. The van der Waals surface area contributed by atoms with Crippen molar-refractivity contribution in [1.29, 1.82) is 0 Å². The van der Waals surface area contributed by atoms with Gasteiger partial charge in [-0.3, -0.25) is 9.59 Å². The van der Waals surface area contributed by atoms with Crippen LogP contribution >= 0.6 is 11.6 Å². The van der Waals surface area contributed by atoms with E-state index in [1.54, 1.807) is 12.1 Å². The van der Waals surface area contributed by atoms with Crippen molar-refractivity contribution >= 4 is 29.1 Å². The highest BCUT2D eigenvalue weighted by Crippen LogP contribution is 2.36. The Morgan fingerprint density at radius 3 is 2.38 bits per heavy atom. The summed E-state index contributed by atoms with van der Waals surface area (Å²) in [5, 5.41) is 6.52. The number of halogens is 4. The molecule has 0 unspecified atom stereocenters. The van der Waals surface area contributed by atoms with Gasteiger partial charge in [-0.15, -0.1) is 0 Å². The van der Waals surface area contributed by atoms with E-state index in [9.17, 15) is 22.8 Å². The third-order valence-corrected chi connectivity index (χ3v) is 7.25. The number of rotatable bonds is 8. The van der Waals surface area contributed by atoms with Gasteiger partial charge in [0.05, 0.1) is 23.9 Å². The van der Waals surface area contributed by atoms with Crippen LogP contribution < -0.4 is 0 Å². The molecule has 1 atom stereocenters. The number of benzene rings is 3. The molecule has 0 spiro atoms. The lowest BCUT2D eigenvalue weighted by Crippen LogP contribution is -2.42. The van der Waals surface area contributed by atoms with E-state index >= 15 is 0 Å². The highest BCUT2D eigenvalue weighted by molar-refractivity contribution is 6.31. The molecule has 10 heteroatoms. The topological polar surface area (TPSA) is 62.2 Å². The number of hydrazone groups is 1. The largest absolute Gasteiger partial charge is 0.416 e. The number of amides is 2. The van der Waals surface area contributed by atoms with E-state index in [2.05, 4.69) is 5.10 Å². The average molecular weight is 572 g/mol. The molecule has 3 aromatic carbocycles. The van der Waals surface area contributed by atoms with Gasteiger partial charge in [-0.25, -0.2) is 5.01 Å². The predicted octanol–water partition coefficient (Wildman–Crippen LogP) is 6.44. The van der Waals surface area contributed by atoms with Crippen molar-refractivity contribution < 1.29 is 27.5 Å². The number of aryl methyl sites for hydroxylation is 2. The Bertz CT molecular complexity index is 1420. The number of nitrogens with zero attached hydrogens (tertiary/aromatic N) is 3. The fourth-order valence-electron chi connectivity index (χ4n) is 4.50. The Hall–Kier alpha value is -3.69. The fraction of sp³-hybridized carbons (Fsp3) is 0.300. The Morgan fingerprint density at radius 1 is 1.05 bits per heavy atom. The third kappa shape index (κ3) is 6.54. The Labute approximate surface area is 236 Å². The molecule has 4 rings (SSSR count). The minimum Gasteiger partial charge on any atom is -0.383 e. The maximum absolute atomic E-state index is 13.7. The molecule has 1 aliphatic rings. The van der Waals surface area contributed by atoms with Gasteiger partial charge in [0.25, 0.3) is 11.8 Å². The van der Waals surface area contributed by atoms with Gasteiger partial charge in [0.2, 0.25) is 0 Å². The first-order valence-corrected chi connectivity index (χ1v) is 13.0. The summed E-state index contributed by atoms with van der Waals surface area (Å²) >= 11 is 6.51. The number of carbonyl (C=O) groups is 2. The van der Waals surface area contributed by atoms with Gasteiger partial charge in [0.15, 0.2) is 0 Å². The fourth-order valence-corrected chi connectivity index (χ4v) is 4.76. The van der Waals surface area contributed by atoms with Crippen molar-refractivity contribution in [2.24, 2.45) is 5.10 Å². The molecule has 0 aliphatic carbocycles. The van der Waals surface area contributed by atoms with Gasteiger partial charge in [-0.05, 0) is 72.5 Å². The van der Waals surface area contributed by atoms with E-state index in [0.29, 0.717) is 17.2 Å². The van der Waals surface area contributed by atoms with Crippen LogP contribution in [-0.4, -0.2) is 54.2 Å². The zero-order chi connectivity index (χ0) is 29.0. The van der Waals surface area contributed by atoms with Crippen molar-refractivity contribution in [2.45, 2.75) is 32.5 Å². The molecule has 0 saturated heterocycles. The van der Waals surface area contributed by atoms with Crippen molar-refractivity contribution in [3.63, 3.8) is 0 Å². The van der Waals surface area contributed by atoms with E-state index in [0.717, 1.165) is 46.5 Å². The highest BCUT2D eigenvalue weighted by Gasteiger charge is 2.36. The maximum Gasteiger partial charge on any atom is 0.416 e. The van der Waals surface area contributed by atoms with Gasteiger partial charge < -0.3 is 9.64 Å². The molecule has 210 valence electrons. The Morgan fingerprint density at radius 2 is 1.75 bits per heavy atom. The van der Waals surface area contributed by atoms with E-state index in [1.165, 1.54) is 17.0 Å². The van der Waals surface area contributed by atoms with Crippen molar-refractivity contribution in [3.8, 4) is 0 Å². The second-order valence-electron chi connectivity index (χ2n) is 9.62. The summed E-state index contributed by atoms with van der Waals surface area (Å²) in [6.07, 6.45) is -4.11. The van der Waals surface area contributed by atoms with E-state index < -0.39 is 29.6 Å². The lowest BCUT2D eigenvalue weighted by molar-refractivity contribution is -0.137. The molecule has 0 fully saturated rings. The van der Waals surface area contributed by atoms with Crippen LogP contribution in [0.1, 0.15) is 50.6 Å². The van der Waals surface area contributed by atoms with Crippen LogP contribution in [0.3, 0.4) is 0 Å². The molecule has 6 nitrogen and oxygen atoms in total. The third-order valence-electron chi connectivity index (χ3n) is 6.91. The molecule has 0 radical (unpaired) electrons. The van der Waals surface area contributed by atoms with Gasteiger partial charge in [-0.2, -0.15) is 18.3 Å².